The van der Waals surface area contributed by atoms with Crippen molar-refractivity contribution >= 4 is 23.2 Å². The average Bonchev–Trinajstić information content (AvgIpc) is 2.06. The van der Waals surface area contributed by atoms with Gasteiger partial charge in [-0.25, -0.2) is 8.78 Å². The largest absolute Gasteiger partial charge is 0.484 e. The van der Waals surface area contributed by atoms with Gasteiger partial charge in [0.1, 0.15) is 6.61 Å². The average molecular weight is 229 g/mol. The van der Waals surface area contributed by atoms with Crippen molar-refractivity contribution in [3.8, 4) is 5.75 Å². The first kappa shape index (κ1) is 10.4. The number of aromatic nitrogens is 2. The molecule has 1 aromatic rings. The van der Waals surface area contributed by atoms with Crippen molar-refractivity contribution in [2.24, 2.45) is 0 Å². The molecule has 1 aromatic heterocycles. The van der Waals surface area contributed by atoms with Gasteiger partial charge in [-0.1, -0.05) is 23.2 Å². The molecule has 0 bridgehead atoms. The van der Waals surface area contributed by atoms with Crippen LogP contribution in [0.2, 0.25) is 10.3 Å². The molecule has 0 atom stereocenters. The van der Waals surface area contributed by atoms with Gasteiger partial charge in [-0.15, -0.1) is 10.2 Å². The minimum atomic E-state index is -2.57. The van der Waals surface area contributed by atoms with Gasteiger partial charge in [0.15, 0.2) is 16.1 Å². The van der Waals surface area contributed by atoms with Crippen molar-refractivity contribution in [1.82, 2.24) is 10.2 Å². The molecule has 0 N–H and O–H groups in total. The Kier molecular flexibility index (Phi) is 3.62. The normalized spacial score (nSPS) is 10.5. The minimum Gasteiger partial charge on any atom is -0.484 e. The Bertz CT molecular complexity index is 298. The summed E-state index contributed by atoms with van der Waals surface area (Å²) in [6.45, 7) is -0.748. The molecule has 3 nitrogen and oxygen atoms in total. The highest BCUT2D eigenvalue weighted by Crippen LogP contribution is 2.23. The van der Waals surface area contributed by atoms with Crippen LogP contribution in [0.3, 0.4) is 0 Å². The maximum absolute atomic E-state index is 11.7. The van der Waals surface area contributed by atoms with Crippen LogP contribution in [0.5, 0.6) is 5.75 Å². The van der Waals surface area contributed by atoms with Gasteiger partial charge < -0.3 is 4.74 Å². The van der Waals surface area contributed by atoms with E-state index < -0.39 is 13.0 Å². The van der Waals surface area contributed by atoms with Gasteiger partial charge in [0.05, 0.1) is 0 Å². The van der Waals surface area contributed by atoms with E-state index in [0.29, 0.717) is 0 Å². The van der Waals surface area contributed by atoms with Crippen LogP contribution >= 0.6 is 23.2 Å². The number of hydrogen-bond acceptors (Lipinski definition) is 3. The van der Waals surface area contributed by atoms with Gasteiger partial charge in [0, 0.05) is 6.07 Å². The van der Waals surface area contributed by atoms with Crippen molar-refractivity contribution in [2.75, 3.05) is 6.61 Å². The third-order valence-corrected chi connectivity index (χ3v) is 1.50. The number of hydrogen-bond donors (Lipinski definition) is 0. The van der Waals surface area contributed by atoms with Crippen LogP contribution in [0.25, 0.3) is 0 Å². The van der Waals surface area contributed by atoms with E-state index in [2.05, 4.69) is 14.9 Å². The van der Waals surface area contributed by atoms with Gasteiger partial charge in [0.2, 0.25) is 0 Å². The maximum atomic E-state index is 11.7. The molecule has 0 radical (unpaired) electrons. The number of halogens is 4. The second-order valence-electron chi connectivity index (χ2n) is 2.02. The second kappa shape index (κ2) is 4.53. The minimum absolute atomic E-state index is 0.00182. The zero-order valence-corrected chi connectivity index (χ0v) is 7.69. The number of alkyl halides is 2. The molecular formula is C6H4Cl2F2N2O. The summed E-state index contributed by atoms with van der Waals surface area (Å²) in [6.07, 6.45) is -2.57. The molecule has 0 unspecified atom stereocenters. The third kappa shape index (κ3) is 3.28. The van der Waals surface area contributed by atoms with E-state index in [1.54, 1.807) is 0 Å². The smallest absolute Gasteiger partial charge is 0.272 e. The molecule has 13 heavy (non-hydrogen) atoms. The van der Waals surface area contributed by atoms with E-state index in [0.717, 1.165) is 0 Å². The SMILES string of the molecule is FC(F)COc1cc(Cl)nnc1Cl. The molecule has 7 heteroatoms. The molecule has 0 aromatic carbocycles. The number of ether oxygens (including phenoxy) is 1. The van der Waals surface area contributed by atoms with Gasteiger partial charge in [-0.3, -0.25) is 0 Å². The fourth-order valence-corrected chi connectivity index (χ4v) is 0.875. The van der Waals surface area contributed by atoms with Crippen LogP contribution < -0.4 is 4.74 Å². The summed E-state index contributed by atoms with van der Waals surface area (Å²) < 4.78 is 28.0. The van der Waals surface area contributed by atoms with E-state index in [1.807, 2.05) is 0 Å². The van der Waals surface area contributed by atoms with Crippen molar-refractivity contribution < 1.29 is 13.5 Å². The van der Waals surface area contributed by atoms with Crippen molar-refractivity contribution in [3.05, 3.63) is 16.4 Å². The Balaban J connectivity index is 2.70. The van der Waals surface area contributed by atoms with Gasteiger partial charge >= 0.3 is 0 Å². The molecule has 0 aliphatic rings. The van der Waals surface area contributed by atoms with Crippen molar-refractivity contribution in [3.63, 3.8) is 0 Å². The summed E-state index contributed by atoms with van der Waals surface area (Å²) >= 11 is 10.9. The highest BCUT2D eigenvalue weighted by molar-refractivity contribution is 6.32. The van der Waals surface area contributed by atoms with Crippen molar-refractivity contribution in [2.45, 2.75) is 6.43 Å². The topological polar surface area (TPSA) is 35.0 Å². The molecule has 0 saturated heterocycles. The van der Waals surface area contributed by atoms with Crippen LogP contribution in [0.4, 0.5) is 8.78 Å². The van der Waals surface area contributed by atoms with E-state index in [9.17, 15) is 8.78 Å². The van der Waals surface area contributed by atoms with E-state index >= 15 is 0 Å². The zero-order valence-electron chi connectivity index (χ0n) is 6.18. The summed E-state index contributed by atoms with van der Waals surface area (Å²) in [5.74, 6) is 0.00182. The van der Waals surface area contributed by atoms with Gasteiger partial charge in [0.25, 0.3) is 6.43 Å². The Labute approximate surface area is 82.6 Å². The molecule has 0 saturated carbocycles. The predicted octanol–water partition coefficient (Wildman–Crippen LogP) is 2.43. The Morgan fingerprint density at radius 3 is 2.69 bits per heavy atom. The second-order valence-corrected chi connectivity index (χ2v) is 2.77. The fourth-order valence-electron chi connectivity index (χ4n) is 0.592. The molecule has 0 amide bonds. The highest BCUT2D eigenvalue weighted by atomic mass is 35.5. The summed E-state index contributed by atoms with van der Waals surface area (Å²) in [5, 5.41) is 6.70. The van der Waals surface area contributed by atoms with Gasteiger partial charge in [-0.05, 0) is 0 Å². The van der Waals surface area contributed by atoms with Crippen LogP contribution in [-0.2, 0) is 0 Å². The molecule has 1 rings (SSSR count). The lowest BCUT2D eigenvalue weighted by molar-refractivity contribution is 0.0817. The van der Waals surface area contributed by atoms with Crippen molar-refractivity contribution in [1.29, 1.82) is 0 Å². The summed E-state index contributed by atoms with van der Waals surface area (Å²) in [6, 6.07) is 1.22. The molecule has 0 aliphatic carbocycles. The van der Waals surface area contributed by atoms with E-state index in [-0.39, 0.29) is 16.1 Å². The monoisotopic (exact) mass is 228 g/mol. The molecule has 72 valence electrons. The van der Waals surface area contributed by atoms with Crippen LogP contribution in [0, 0.1) is 0 Å². The van der Waals surface area contributed by atoms with Crippen LogP contribution in [-0.4, -0.2) is 23.2 Å². The number of nitrogens with zero attached hydrogens (tertiary/aromatic N) is 2. The van der Waals surface area contributed by atoms with E-state index in [1.165, 1.54) is 6.07 Å². The zero-order chi connectivity index (χ0) is 9.84. The lowest BCUT2D eigenvalue weighted by Crippen LogP contribution is -2.07. The summed E-state index contributed by atoms with van der Waals surface area (Å²) in [5.41, 5.74) is 0. The number of rotatable bonds is 3. The maximum Gasteiger partial charge on any atom is 0.272 e. The first-order valence-corrected chi connectivity index (χ1v) is 3.95. The molecule has 0 aliphatic heterocycles. The molecule has 0 spiro atoms. The standard InChI is InChI=1S/C6H4Cl2F2N2O/c7-4-1-3(6(8)12-11-4)13-2-5(9)10/h1,5H,2H2. The Morgan fingerprint density at radius 1 is 1.38 bits per heavy atom. The van der Waals surface area contributed by atoms with Crippen LogP contribution in [0.15, 0.2) is 6.07 Å². The Morgan fingerprint density at radius 2 is 2.08 bits per heavy atom. The molecular weight excluding hydrogens is 225 g/mol. The Hall–Kier alpha value is -0.680. The third-order valence-electron chi connectivity index (χ3n) is 1.05. The highest BCUT2D eigenvalue weighted by Gasteiger charge is 2.08. The quantitative estimate of drug-likeness (QED) is 0.798. The first-order chi connectivity index (χ1) is 6.09. The fraction of sp³-hybridized carbons (Fsp3) is 0.333. The summed E-state index contributed by atoms with van der Waals surface area (Å²) in [7, 11) is 0. The lowest BCUT2D eigenvalue weighted by atomic mass is 10.5. The summed E-state index contributed by atoms with van der Waals surface area (Å²) in [4.78, 5) is 0. The molecule has 1 heterocycles. The molecule has 0 fully saturated rings. The van der Waals surface area contributed by atoms with Gasteiger partial charge in [-0.2, -0.15) is 0 Å². The van der Waals surface area contributed by atoms with E-state index in [4.69, 9.17) is 23.2 Å². The lowest BCUT2D eigenvalue weighted by Gasteiger charge is -2.05. The first-order valence-electron chi connectivity index (χ1n) is 3.19. The van der Waals surface area contributed by atoms with Crippen LogP contribution in [0.1, 0.15) is 0 Å². The predicted molar refractivity (Wildman–Crippen MR) is 43.6 cm³/mol.